The number of anilines is 2. The molecule has 1 N–H and O–H groups in total. The molecule has 1 aliphatic carbocycles. The Balaban J connectivity index is 1.24. The highest BCUT2D eigenvalue weighted by atomic mass is 32.2. The summed E-state index contributed by atoms with van der Waals surface area (Å²) in [5.74, 6) is 0.326. The van der Waals surface area contributed by atoms with E-state index >= 15 is 0 Å². The van der Waals surface area contributed by atoms with E-state index in [0.717, 1.165) is 37.2 Å². The number of aliphatic imine (C=N–C) groups is 1. The van der Waals surface area contributed by atoms with Crippen LogP contribution in [-0.2, 0) is 10.0 Å². The van der Waals surface area contributed by atoms with E-state index in [-0.39, 0.29) is 10.8 Å². The number of rotatable bonds is 7. The van der Waals surface area contributed by atoms with Crippen LogP contribution in [0.25, 0.3) is 0 Å². The number of piperazine rings is 1. The Bertz CT molecular complexity index is 1430. The molecule has 0 bridgehead atoms. The van der Waals surface area contributed by atoms with Crippen molar-refractivity contribution in [3.8, 4) is 0 Å². The summed E-state index contributed by atoms with van der Waals surface area (Å²) in [5, 5.41) is 0. The van der Waals surface area contributed by atoms with Crippen LogP contribution in [0.5, 0.6) is 0 Å². The van der Waals surface area contributed by atoms with E-state index in [0.29, 0.717) is 35.9 Å². The van der Waals surface area contributed by atoms with Crippen molar-refractivity contribution in [3.05, 3.63) is 78.1 Å². The third-order valence-electron chi connectivity index (χ3n) is 7.78. The number of amides is 1. The highest BCUT2D eigenvalue weighted by molar-refractivity contribution is 7.92. The van der Waals surface area contributed by atoms with E-state index in [4.69, 9.17) is 4.99 Å². The molecular formula is C31H37N5O3S. The lowest BCUT2D eigenvalue weighted by atomic mass is 10.0. The highest BCUT2D eigenvalue weighted by Crippen LogP contribution is 2.31. The first-order chi connectivity index (χ1) is 19.4. The van der Waals surface area contributed by atoms with Gasteiger partial charge in [-0.15, -0.1) is 0 Å². The second-order valence-corrected chi connectivity index (χ2v) is 12.3. The minimum atomic E-state index is -3.88. The van der Waals surface area contributed by atoms with Crippen molar-refractivity contribution >= 4 is 39.2 Å². The number of hydrogen-bond acceptors (Lipinski definition) is 6. The maximum atomic E-state index is 13.4. The van der Waals surface area contributed by atoms with Gasteiger partial charge in [-0.05, 0) is 73.7 Å². The average molecular weight is 560 g/mol. The largest absolute Gasteiger partial charge is 0.368 e. The normalized spacial score (nSPS) is 17.1. The second kappa shape index (κ2) is 12.6. The fraction of sp³-hybridized carbons (Fsp3) is 0.387. The Labute approximate surface area is 237 Å². The van der Waals surface area contributed by atoms with Gasteiger partial charge in [-0.2, -0.15) is 0 Å². The molecule has 0 spiro atoms. The first kappa shape index (κ1) is 27.8. The SMILES string of the molecule is Cc1cccc(S(=O)(=O)Nc2ccc(C(=O)N3CCN(c4ccncc4)CC3)cc2)c1/N=C\C1CCCCCC1. The van der Waals surface area contributed by atoms with Crippen molar-refractivity contribution in [2.24, 2.45) is 10.9 Å². The van der Waals surface area contributed by atoms with E-state index in [2.05, 4.69) is 14.6 Å². The molecule has 40 heavy (non-hydrogen) atoms. The molecule has 2 aliphatic rings. The molecular weight excluding hydrogens is 522 g/mol. The van der Waals surface area contributed by atoms with E-state index in [1.807, 2.05) is 36.2 Å². The number of carbonyl (C=O) groups is 1. The van der Waals surface area contributed by atoms with Crippen molar-refractivity contribution < 1.29 is 13.2 Å². The van der Waals surface area contributed by atoms with Crippen molar-refractivity contribution in [3.63, 3.8) is 0 Å². The molecule has 2 fully saturated rings. The van der Waals surface area contributed by atoms with Crippen LogP contribution in [0.1, 0.15) is 54.4 Å². The minimum Gasteiger partial charge on any atom is -0.368 e. The van der Waals surface area contributed by atoms with E-state index in [1.54, 1.807) is 48.8 Å². The van der Waals surface area contributed by atoms with Gasteiger partial charge < -0.3 is 9.80 Å². The van der Waals surface area contributed by atoms with Crippen molar-refractivity contribution in [1.82, 2.24) is 9.88 Å². The monoisotopic (exact) mass is 559 g/mol. The molecule has 0 radical (unpaired) electrons. The molecule has 1 aliphatic heterocycles. The molecule has 3 aromatic rings. The minimum absolute atomic E-state index is 0.0578. The van der Waals surface area contributed by atoms with Crippen molar-refractivity contribution in [2.75, 3.05) is 35.8 Å². The van der Waals surface area contributed by atoms with Gasteiger partial charge in [0.15, 0.2) is 0 Å². The zero-order valence-corrected chi connectivity index (χ0v) is 23.8. The third-order valence-corrected chi connectivity index (χ3v) is 9.20. The molecule has 1 amide bonds. The topological polar surface area (TPSA) is 95.0 Å². The summed E-state index contributed by atoms with van der Waals surface area (Å²) < 4.78 is 29.5. The summed E-state index contributed by atoms with van der Waals surface area (Å²) in [6, 6.07) is 15.8. The molecule has 2 aromatic carbocycles. The summed E-state index contributed by atoms with van der Waals surface area (Å²) in [7, 11) is -3.88. The number of nitrogens with zero attached hydrogens (tertiary/aromatic N) is 4. The molecule has 5 rings (SSSR count). The quantitative estimate of drug-likeness (QED) is 0.291. The molecule has 2 heterocycles. The molecule has 210 valence electrons. The zero-order valence-electron chi connectivity index (χ0n) is 23.0. The first-order valence-corrected chi connectivity index (χ1v) is 15.6. The number of nitrogens with one attached hydrogen (secondary N) is 1. The summed E-state index contributed by atoms with van der Waals surface area (Å²) in [6.45, 7) is 4.61. The summed E-state index contributed by atoms with van der Waals surface area (Å²) >= 11 is 0. The van der Waals surface area contributed by atoms with Gasteiger partial charge in [-0.1, -0.05) is 37.8 Å². The standard InChI is InChI=1S/C31H37N5O3S/c1-24-7-6-10-29(30(24)33-23-25-8-4-2-3-5-9-25)40(38,39)34-27-13-11-26(12-14-27)31(37)36-21-19-35(20-22-36)28-15-17-32-18-16-28/h6-7,10-18,23,25,34H,2-5,8-9,19-22H2,1H3/b33-23-. The van der Waals surface area contributed by atoms with Crippen LogP contribution < -0.4 is 9.62 Å². The number of aromatic nitrogens is 1. The van der Waals surface area contributed by atoms with Crippen LogP contribution in [0, 0.1) is 12.8 Å². The Morgan fingerprint density at radius 1 is 0.925 bits per heavy atom. The summed E-state index contributed by atoms with van der Waals surface area (Å²) in [4.78, 5) is 26.1. The van der Waals surface area contributed by atoms with Gasteiger partial charge >= 0.3 is 0 Å². The smallest absolute Gasteiger partial charge is 0.264 e. The number of sulfonamides is 1. The Morgan fingerprint density at radius 3 is 2.27 bits per heavy atom. The highest BCUT2D eigenvalue weighted by Gasteiger charge is 2.24. The number of para-hydroxylation sites is 1. The van der Waals surface area contributed by atoms with Crippen LogP contribution in [0.3, 0.4) is 0 Å². The van der Waals surface area contributed by atoms with Crippen LogP contribution in [0.15, 0.2) is 76.9 Å². The molecule has 9 heteroatoms. The summed E-state index contributed by atoms with van der Waals surface area (Å²) in [6.07, 6.45) is 12.6. The second-order valence-electron chi connectivity index (χ2n) is 10.6. The number of carbonyl (C=O) groups excluding carboxylic acids is 1. The molecule has 8 nitrogen and oxygen atoms in total. The molecule has 1 aromatic heterocycles. The van der Waals surface area contributed by atoms with Gasteiger partial charge in [0, 0.05) is 61.7 Å². The van der Waals surface area contributed by atoms with Gasteiger partial charge in [0.2, 0.25) is 0 Å². The van der Waals surface area contributed by atoms with Crippen LogP contribution in [0.2, 0.25) is 0 Å². The van der Waals surface area contributed by atoms with Gasteiger partial charge in [-0.3, -0.25) is 19.5 Å². The molecule has 0 atom stereocenters. The lowest BCUT2D eigenvalue weighted by molar-refractivity contribution is 0.0747. The van der Waals surface area contributed by atoms with E-state index < -0.39 is 10.0 Å². The molecule has 1 saturated carbocycles. The lowest BCUT2D eigenvalue weighted by Crippen LogP contribution is -2.48. The maximum Gasteiger partial charge on any atom is 0.264 e. The van der Waals surface area contributed by atoms with Crippen molar-refractivity contribution in [2.45, 2.75) is 50.3 Å². The predicted octanol–water partition coefficient (Wildman–Crippen LogP) is 5.83. The van der Waals surface area contributed by atoms with E-state index in [9.17, 15) is 13.2 Å². The van der Waals surface area contributed by atoms with Crippen LogP contribution in [0.4, 0.5) is 17.1 Å². The van der Waals surface area contributed by atoms with E-state index in [1.165, 1.54) is 25.7 Å². The number of pyridine rings is 1. The number of aryl methyl sites for hydroxylation is 1. The Hall–Kier alpha value is -3.72. The van der Waals surface area contributed by atoms with Gasteiger partial charge in [0.1, 0.15) is 4.90 Å². The maximum absolute atomic E-state index is 13.4. The van der Waals surface area contributed by atoms with Crippen LogP contribution in [-0.4, -0.2) is 56.6 Å². The van der Waals surface area contributed by atoms with Crippen LogP contribution >= 0.6 is 0 Å². The van der Waals surface area contributed by atoms with Gasteiger partial charge in [0.05, 0.1) is 5.69 Å². The third kappa shape index (κ3) is 6.70. The Morgan fingerprint density at radius 2 is 1.60 bits per heavy atom. The van der Waals surface area contributed by atoms with Crippen molar-refractivity contribution in [1.29, 1.82) is 0 Å². The van der Waals surface area contributed by atoms with Gasteiger partial charge in [-0.25, -0.2) is 8.42 Å². The van der Waals surface area contributed by atoms with Gasteiger partial charge in [0.25, 0.3) is 15.9 Å². The first-order valence-electron chi connectivity index (χ1n) is 14.1. The molecule has 1 saturated heterocycles. The average Bonchev–Trinajstić information content (AvgIpc) is 3.26. The number of hydrogen-bond donors (Lipinski definition) is 1. The predicted molar refractivity (Wildman–Crippen MR) is 160 cm³/mol. The number of benzene rings is 2. The fourth-order valence-corrected chi connectivity index (χ4v) is 6.73. The molecule has 0 unspecified atom stereocenters. The summed E-state index contributed by atoms with van der Waals surface area (Å²) in [5.41, 5.74) is 3.34. The lowest BCUT2D eigenvalue weighted by Gasteiger charge is -2.36. The Kier molecular flexibility index (Phi) is 8.79. The zero-order chi connectivity index (χ0) is 28.0. The fourth-order valence-electron chi connectivity index (χ4n) is 5.45.